The van der Waals surface area contributed by atoms with Crippen molar-refractivity contribution in [3.63, 3.8) is 0 Å². The third-order valence-corrected chi connectivity index (χ3v) is 6.46. The fourth-order valence-corrected chi connectivity index (χ4v) is 5.00. The van der Waals surface area contributed by atoms with Crippen LogP contribution in [-0.4, -0.2) is 41.1 Å². The van der Waals surface area contributed by atoms with Gasteiger partial charge in [0.1, 0.15) is 11.2 Å². The van der Waals surface area contributed by atoms with Crippen molar-refractivity contribution < 1.29 is 9.18 Å². The molecule has 0 aliphatic carbocycles. The largest absolute Gasteiger partial charge is 0.325 e. The van der Waals surface area contributed by atoms with Gasteiger partial charge in [0.2, 0.25) is 5.91 Å². The van der Waals surface area contributed by atoms with Gasteiger partial charge in [-0.3, -0.25) is 9.69 Å². The molecule has 0 N–H and O–H groups in total. The molecule has 0 radical (unpaired) electrons. The maximum Gasteiger partial charge on any atom is 0.237 e. The van der Waals surface area contributed by atoms with Gasteiger partial charge in [0, 0.05) is 29.9 Å². The lowest BCUT2D eigenvalue weighted by molar-refractivity contribution is -0.132. The smallest absolute Gasteiger partial charge is 0.237 e. The summed E-state index contributed by atoms with van der Waals surface area (Å²) in [5.41, 5.74) is 2.18. The standard InChI is InChI=1S/C22H26BrFN2OS/c1-16(2)13-25(14-17-3-7-19(23)8-4-17)15-21(27)26-11-12-28-22(26)18-5-9-20(24)10-6-18/h3-10,16,22H,11-15H2,1-2H3/t22-/m0/s1. The molecule has 0 aromatic heterocycles. The lowest BCUT2D eigenvalue weighted by Gasteiger charge is -2.29. The Morgan fingerprint density at radius 2 is 1.89 bits per heavy atom. The Bertz CT molecular complexity index is 782. The van der Waals surface area contributed by atoms with E-state index in [0.29, 0.717) is 12.5 Å². The summed E-state index contributed by atoms with van der Waals surface area (Å²) in [4.78, 5) is 17.3. The van der Waals surface area contributed by atoms with Crippen LogP contribution in [-0.2, 0) is 11.3 Å². The number of halogens is 2. The predicted molar refractivity (Wildman–Crippen MR) is 118 cm³/mol. The van der Waals surface area contributed by atoms with E-state index in [9.17, 15) is 9.18 Å². The quantitative estimate of drug-likeness (QED) is 0.553. The van der Waals surface area contributed by atoms with Gasteiger partial charge in [-0.05, 0) is 41.3 Å². The van der Waals surface area contributed by atoms with Crippen molar-refractivity contribution in [3.8, 4) is 0 Å². The van der Waals surface area contributed by atoms with Gasteiger partial charge in [-0.1, -0.05) is 54.0 Å². The summed E-state index contributed by atoms with van der Waals surface area (Å²) in [7, 11) is 0. The van der Waals surface area contributed by atoms with Gasteiger partial charge in [0.25, 0.3) is 0 Å². The Morgan fingerprint density at radius 3 is 2.54 bits per heavy atom. The monoisotopic (exact) mass is 464 g/mol. The Kier molecular flexibility index (Phi) is 7.55. The highest BCUT2D eigenvalue weighted by molar-refractivity contribution is 9.10. The maximum absolute atomic E-state index is 13.3. The zero-order valence-corrected chi connectivity index (χ0v) is 18.7. The summed E-state index contributed by atoms with van der Waals surface area (Å²) < 4.78 is 14.3. The van der Waals surface area contributed by atoms with E-state index < -0.39 is 0 Å². The average molecular weight is 465 g/mol. The van der Waals surface area contributed by atoms with Crippen LogP contribution in [0.1, 0.15) is 30.3 Å². The molecule has 0 spiro atoms. The molecule has 28 heavy (non-hydrogen) atoms. The Labute approximate surface area is 179 Å². The molecular formula is C22H26BrFN2OS. The number of carbonyl (C=O) groups is 1. The van der Waals surface area contributed by atoms with E-state index in [4.69, 9.17) is 0 Å². The van der Waals surface area contributed by atoms with Crippen LogP contribution in [0.5, 0.6) is 0 Å². The molecule has 1 amide bonds. The lowest BCUT2D eigenvalue weighted by Crippen LogP contribution is -2.41. The molecule has 0 saturated carbocycles. The van der Waals surface area contributed by atoms with Crippen LogP contribution in [0.3, 0.4) is 0 Å². The van der Waals surface area contributed by atoms with Crippen molar-refractivity contribution >= 4 is 33.6 Å². The van der Waals surface area contributed by atoms with E-state index in [0.717, 1.165) is 35.4 Å². The van der Waals surface area contributed by atoms with Gasteiger partial charge < -0.3 is 4.90 Å². The van der Waals surface area contributed by atoms with Gasteiger partial charge in [0.05, 0.1) is 6.54 Å². The third-order valence-electron chi connectivity index (χ3n) is 4.67. The number of hydrogen-bond donors (Lipinski definition) is 0. The predicted octanol–water partition coefficient (Wildman–Crippen LogP) is 5.32. The van der Waals surface area contributed by atoms with Crippen LogP contribution in [0.4, 0.5) is 4.39 Å². The molecule has 150 valence electrons. The SMILES string of the molecule is CC(C)CN(CC(=O)N1CCS[C@H]1c1ccc(F)cc1)Cc1ccc(Br)cc1. The first-order chi connectivity index (χ1) is 13.4. The molecule has 2 aromatic carbocycles. The summed E-state index contributed by atoms with van der Waals surface area (Å²) in [6, 6.07) is 14.8. The molecular weight excluding hydrogens is 439 g/mol. The molecule has 1 aliphatic rings. The van der Waals surface area contributed by atoms with E-state index >= 15 is 0 Å². The first-order valence-electron chi connectivity index (χ1n) is 9.55. The van der Waals surface area contributed by atoms with Crippen molar-refractivity contribution in [2.75, 3.05) is 25.4 Å². The van der Waals surface area contributed by atoms with Gasteiger partial charge in [-0.25, -0.2) is 4.39 Å². The molecule has 1 aliphatic heterocycles. The minimum Gasteiger partial charge on any atom is -0.325 e. The fourth-order valence-electron chi connectivity index (χ4n) is 3.46. The number of amides is 1. The molecule has 1 saturated heterocycles. The normalized spacial score (nSPS) is 16.9. The zero-order chi connectivity index (χ0) is 20.1. The first-order valence-corrected chi connectivity index (χ1v) is 11.4. The van der Waals surface area contributed by atoms with E-state index in [-0.39, 0.29) is 17.1 Å². The van der Waals surface area contributed by atoms with E-state index in [1.54, 1.807) is 23.9 Å². The second-order valence-corrected chi connectivity index (χ2v) is 9.66. The van der Waals surface area contributed by atoms with Crippen LogP contribution >= 0.6 is 27.7 Å². The number of rotatable bonds is 7. The molecule has 0 unspecified atom stereocenters. The second kappa shape index (κ2) is 9.90. The average Bonchev–Trinajstić information content (AvgIpc) is 3.13. The summed E-state index contributed by atoms with van der Waals surface area (Å²) in [6.45, 7) is 7.09. The highest BCUT2D eigenvalue weighted by atomic mass is 79.9. The summed E-state index contributed by atoms with van der Waals surface area (Å²) in [5.74, 6) is 1.27. The van der Waals surface area contributed by atoms with Crippen LogP contribution in [0.25, 0.3) is 0 Å². The van der Waals surface area contributed by atoms with Crippen molar-refractivity contribution in [2.45, 2.75) is 25.8 Å². The van der Waals surface area contributed by atoms with Crippen LogP contribution in [0.15, 0.2) is 53.0 Å². The molecule has 1 fully saturated rings. The number of benzene rings is 2. The van der Waals surface area contributed by atoms with Crippen molar-refractivity contribution in [1.82, 2.24) is 9.80 Å². The van der Waals surface area contributed by atoms with E-state index in [1.807, 2.05) is 17.0 Å². The minimum absolute atomic E-state index is 0.0262. The first kappa shape index (κ1) is 21.3. The third kappa shape index (κ3) is 5.82. The van der Waals surface area contributed by atoms with Crippen molar-refractivity contribution in [3.05, 3.63) is 69.9 Å². The molecule has 3 nitrogen and oxygen atoms in total. The van der Waals surface area contributed by atoms with Crippen molar-refractivity contribution in [1.29, 1.82) is 0 Å². The van der Waals surface area contributed by atoms with Gasteiger partial charge in [-0.15, -0.1) is 11.8 Å². The second-order valence-electron chi connectivity index (χ2n) is 7.55. The fraction of sp³-hybridized carbons (Fsp3) is 0.409. The number of thioether (sulfide) groups is 1. The topological polar surface area (TPSA) is 23.6 Å². The highest BCUT2D eigenvalue weighted by Gasteiger charge is 2.31. The van der Waals surface area contributed by atoms with E-state index in [1.165, 1.54) is 17.7 Å². The van der Waals surface area contributed by atoms with Gasteiger partial charge in [0.15, 0.2) is 0 Å². The molecule has 1 heterocycles. The Balaban J connectivity index is 1.69. The Hall–Kier alpha value is -1.37. The number of nitrogens with zero attached hydrogens (tertiary/aromatic N) is 2. The number of carbonyl (C=O) groups excluding carboxylic acids is 1. The minimum atomic E-state index is -0.248. The van der Waals surface area contributed by atoms with Crippen LogP contribution in [0, 0.1) is 11.7 Å². The summed E-state index contributed by atoms with van der Waals surface area (Å²) >= 11 is 5.21. The molecule has 1 atom stereocenters. The maximum atomic E-state index is 13.3. The van der Waals surface area contributed by atoms with Crippen LogP contribution in [0.2, 0.25) is 0 Å². The van der Waals surface area contributed by atoms with Gasteiger partial charge >= 0.3 is 0 Å². The van der Waals surface area contributed by atoms with Crippen molar-refractivity contribution in [2.24, 2.45) is 5.92 Å². The number of hydrogen-bond acceptors (Lipinski definition) is 3. The Morgan fingerprint density at radius 1 is 1.21 bits per heavy atom. The molecule has 3 rings (SSSR count). The summed E-state index contributed by atoms with van der Waals surface area (Å²) in [6.07, 6.45) is 0. The molecule has 0 bridgehead atoms. The summed E-state index contributed by atoms with van der Waals surface area (Å²) in [5, 5.41) is -0.0262. The highest BCUT2D eigenvalue weighted by Crippen LogP contribution is 2.38. The molecule has 6 heteroatoms. The zero-order valence-electron chi connectivity index (χ0n) is 16.3. The van der Waals surface area contributed by atoms with E-state index in [2.05, 4.69) is 46.8 Å². The van der Waals surface area contributed by atoms with Crippen LogP contribution < -0.4 is 0 Å². The van der Waals surface area contributed by atoms with Gasteiger partial charge in [-0.2, -0.15) is 0 Å². The molecule has 2 aromatic rings. The lowest BCUT2D eigenvalue weighted by atomic mass is 10.1.